The second-order valence-corrected chi connectivity index (χ2v) is 9.70. The fourth-order valence-corrected chi connectivity index (χ4v) is 7.48. The molecule has 4 fully saturated rings. The molecule has 4 nitrogen and oxygen atoms in total. The fourth-order valence-electron chi connectivity index (χ4n) is 7.48. The van der Waals surface area contributed by atoms with Gasteiger partial charge in [0.1, 0.15) is 12.9 Å². The van der Waals surface area contributed by atoms with Gasteiger partial charge in [0.05, 0.1) is 6.10 Å². The topological polar surface area (TPSA) is 63.6 Å². The molecule has 0 aromatic heterocycles. The van der Waals surface area contributed by atoms with Crippen LogP contribution in [0.2, 0.25) is 0 Å². The molecule has 0 bridgehead atoms. The van der Waals surface area contributed by atoms with Crippen LogP contribution in [0.3, 0.4) is 0 Å². The number of ketones is 1. The van der Waals surface area contributed by atoms with Crippen molar-refractivity contribution in [1.29, 1.82) is 0 Å². The van der Waals surface area contributed by atoms with Crippen molar-refractivity contribution in [1.82, 2.24) is 0 Å². The third-order valence-electron chi connectivity index (χ3n) is 8.66. The Kier molecular flexibility index (Phi) is 5.09. The molecule has 0 aliphatic heterocycles. The Hall–Kier alpha value is -1.00. The van der Waals surface area contributed by atoms with E-state index >= 15 is 0 Å². The first-order valence-corrected chi connectivity index (χ1v) is 10.9. The average molecular weight is 375 g/mol. The van der Waals surface area contributed by atoms with Crippen LogP contribution in [0.15, 0.2) is 11.6 Å². The minimum absolute atomic E-state index is 0.102. The molecular weight excluding hydrogens is 340 g/mol. The van der Waals surface area contributed by atoms with Gasteiger partial charge in [-0.3, -0.25) is 4.79 Å². The molecule has 0 amide bonds. The van der Waals surface area contributed by atoms with Crippen molar-refractivity contribution in [3.63, 3.8) is 0 Å². The van der Waals surface area contributed by atoms with Crippen molar-refractivity contribution >= 4 is 12.1 Å². The van der Waals surface area contributed by atoms with Crippen LogP contribution in [-0.2, 0) is 14.3 Å². The highest BCUT2D eigenvalue weighted by atomic mass is 16.5. The summed E-state index contributed by atoms with van der Waals surface area (Å²) in [5.41, 5.74) is 2.01. The van der Waals surface area contributed by atoms with E-state index in [1.165, 1.54) is 31.3 Å². The van der Waals surface area contributed by atoms with E-state index in [0.29, 0.717) is 30.1 Å². The SMILES string of the molecule is CC12CCC(=O)C=C1CCC1C2C(O)CC23CC2CCC13.CCOCC=O. The summed E-state index contributed by atoms with van der Waals surface area (Å²) in [6, 6.07) is 0. The van der Waals surface area contributed by atoms with Crippen molar-refractivity contribution in [3.05, 3.63) is 11.6 Å². The first-order chi connectivity index (χ1) is 13.0. The monoisotopic (exact) mass is 374 g/mol. The Bertz CT molecular complexity index is 640. The van der Waals surface area contributed by atoms with Crippen LogP contribution in [0.1, 0.15) is 65.2 Å². The van der Waals surface area contributed by atoms with Crippen molar-refractivity contribution in [2.45, 2.75) is 71.3 Å². The van der Waals surface area contributed by atoms with E-state index in [2.05, 4.69) is 11.7 Å². The number of aliphatic hydroxyl groups excluding tert-OH is 1. The van der Waals surface area contributed by atoms with Gasteiger partial charge in [0.2, 0.25) is 0 Å². The Morgan fingerprint density at radius 3 is 2.74 bits per heavy atom. The number of fused-ring (bicyclic) bond motifs is 4. The van der Waals surface area contributed by atoms with Crippen LogP contribution in [0.25, 0.3) is 0 Å². The summed E-state index contributed by atoms with van der Waals surface area (Å²) in [4.78, 5) is 21.2. The summed E-state index contributed by atoms with van der Waals surface area (Å²) >= 11 is 0. The lowest BCUT2D eigenvalue weighted by atomic mass is 9.48. The minimum atomic E-state index is -0.128. The van der Waals surface area contributed by atoms with Crippen molar-refractivity contribution in [2.75, 3.05) is 13.2 Å². The molecule has 0 radical (unpaired) electrons. The molecular formula is C23H34O4. The number of hydrogen-bond acceptors (Lipinski definition) is 4. The molecule has 4 heteroatoms. The number of ether oxygens (including phenoxy) is 1. The first kappa shape index (κ1) is 19.3. The summed E-state index contributed by atoms with van der Waals surface area (Å²) in [6.07, 6.45) is 11.8. The molecule has 1 N–H and O–H groups in total. The number of rotatable bonds is 3. The molecule has 0 aromatic rings. The van der Waals surface area contributed by atoms with E-state index < -0.39 is 0 Å². The van der Waals surface area contributed by atoms with E-state index in [1.54, 1.807) is 0 Å². The third kappa shape index (κ3) is 3.04. The van der Waals surface area contributed by atoms with Crippen LogP contribution in [-0.4, -0.2) is 36.5 Å². The van der Waals surface area contributed by atoms with E-state index in [1.807, 2.05) is 13.0 Å². The summed E-state index contributed by atoms with van der Waals surface area (Å²) in [7, 11) is 0. The van der Waals surface area contributed by atoms with Gasteiger partial charge in [0.25, 0.3) is 0 Å². The van der Waals surface area contributed by atoms with E-state index in [-0.39, 0.29) is 18.1 Å². The van der Waals surface area contributed by atoms with Crippen LogP contribution in [0.5, 0.6) is 0 Å². The molecule has 0 aromatic carbocycles. The van der Waals surface area contributed by atoms with E-state index in [0.717, 1.165) is 43.3 Å². The quantitative estimate of drug-likeness (QED) is 0.604. The molecule has 7 atom stereocenters. The minimum Gasteiger partial charge on any atom is -0.393 e. The number of aliphatic hydroxyl groups is 1. The normalized spacial score (nSPS) is 46.7. The molecule has 5 aliphatic carbocycles. The van der Waals surface area contributed by atoms with Crippen LogP contribution in [0.4, 0.5) is 0 Å². The maximum absolute atomic E-state index is 11.8. The second kappa shape index (κ2) is 7.11. The van der Waals surface area contributed by atoms with Crippen molar-refractivity contribution in [2.24, 2.45) is 34.5 Å². The zero-order valence-corrected chi connectivity index (χ0v) is 16.8. The van der Waals surface area contributed by atoms with Gasteiger partial charge in [0.15, 0.2) is 5.78 Å². The third-order valence-corrected chi connectivity index (χ3v) is 8.66. The largest absolute Gasteiger partial charge is 0.393 e. The Morgan fingerprint density at radius 2 is 2.07 bits per heavy atom. The maximum atomic E-state index is 11.8. The zero-order valence-electron chi connectivity index (χ0n) is 16.8. The van der Waals surface area contributed by atoms with Gasteiger partial charge in [-0.1, -0.05) is 12.5 Å². The Labute approximate surface area is 162 Å². The number of carbonyl (C=O) groups excluding carboxylic acids is 2. The van der Waals surface area contributed by atoms with Crippen LogP contribution < -0.4 is 0 Å². The number of allylic oxidation sites excluding steroid dienone is 1. The summed E-state index contributed by atoms with van der Waals surface area (Å²) < 4.78 is 4.61. The lowest BCUT2D eigenvalue weighted by Crippen LogP contribution is -2.54. The first-order valence-electron chi connectivity index (χ1n) is 10.9. The molecule has 1 spiro atoms. The van der Waals surface area contributed by atoms with Gasteiger partial charge in [-0.25, -0.2) is 0 Å². The lowest BCUT2D eigenvalue weighted by molar-refractivity contribution is -0.122. The molecule has 5 aliphatic rings. The summed E-state index contributed by atoms with van der Waals surface area (Å²) in [5.74, 6) is 3.27. The van der Waals surface area contributed by atoms with Crippen LogP contribution >= 0.6 is 0 Å². The number of hydrogen-bond donors (Lipinski definition) is 1. The van der Waals surface area contributed by atoms with Gasteiger partial charge in [-0.2, -0.15) is 0 Å². The second-order valence-electron chi connectivity index (χ2n) is 9.70. The lowest BCUT2D eigenvalue weighted by Gasteiger charge is -2.57. The molecule has 150 valence electrons. The fraction of sp³-hybridized carbons (Fsp3) is 0.826. The molecule has 27 heavy (non-hydrogen) atoms. The highest BCUT2D eigenvalue weighted by molar-refractivity contribution is 5.91. The molecule has 4 saturated carbocycles. The maximum Gasteiger partial charge on any atom is 0.155 e. The summed E-state index contributed by atoms with van der Waals surface area (Å²) in [5, 5.41) is 11.0. The van der Waals surface area contributed by atoms with Gasteiger partial charge in [-0.15, -0.1) is 0 Å². The molecule has 7 unspecified atom stereocenters. The number of aldehydes is 1. The average Bonchev–Trinajstić information content (AvgIpc) is 3.21. The Balaban J connectivity index is 0.000000264. The molecule has 5 rings (SSSR count). The van der Waals surface area contributed by atoms with Crippen molar-refractivity contribution in [3.8, 4) is 0 Å². The summed E-state index contributed by atoms with van der Waals surface area (Å²) in [6.45, 7) is 5.06. The standard InChI is InChI=1S/C19H26O2.C4H8O2/c1-18-7-6-13(20)8-11(18)2-4-14-15-5-3-12-9-19(12,15)10-16(21)17(14)18;1-2-6-4-3-5/h8,12,14-17,21H,2-7,9-10H2,1H3;3H,2,4H2,1H3. The predicted molar refractivity (Wildman–Crippen MR) is 103 cm³/mol. The number of carbonyl (C=O) groups is 2. The van der Waals surface area contributed by atoms with Gasteiger partial charge < -0.3 is 14.6 Å². The van der Waals surface area contributed by atoms with E-state index in [4.69, 9.17) is 0 Å². The zero-order chi connectivity index (χ0) is 19.2. The highest BCUT2D eigenvalue weighted by Gasteiger charge is 2.70. The van der Waals surface area contributed by atoms with Crippen molar-refractivity contribution < 1.29 is 19.4 Å². The molecule has 0 heterocycles. The highest BCUT2D eigenvalue weighted by Crippen LogP contribution is 2.76. The predicted octanol–water partition coefficient (Wildman–Crippen LogP) is 3.71. The molecule has 0 saturated heterocycles. The van der Waals surface area contributed by atoms with Crippen LogP contribution in [0, 0.1) is 34.5 Å². The van der Waals surface area contributed by atoms with Gasteiger partial charge in [-0.05, 0) is 92.4 Å². The Morgan fingerprint density at radius 1 is 1.26 bits per heavy atom. The smallest absolute Gasteiger partial charge is 0.155 e. The van der Waals surface area contributed by atoms with Gasteiger partial charge >= 0.3 is 0 Å². The van der Waals surface area contributed by atoms with Gasteiger partial charge in [0, 0.05) is 13.0 Å². The van der Waals surface area contributed by atoms with E-state index in [9.17, 15) is 14.7 Å².